The molecule has 0 aliphatic carbocycles. The third kappa shape index (κ3) is 3.79. The van der Waals surface area contributed by atoms with E-state index in [0.29, 0.717) is 6.42 Å². The molecule has 1 unspecified atom stereocenters. The van der Waals surface area contributed by atoms with Crippen LogP contribution in [0.4, 0.5) is 0 Å². The monoisotopic (exact) mass is 259 g/mol. The SMILES string of the molecule is CCC(C)(C)N(C)CCC(N)(C#N)c1ccccc1. The van der Waals surface area contributed by atoms with Crippen molar-refractivity contribution in [2.45, 2.75) is 44.7 Å². The Bertz CT molecular complexity index is 433. The molecule has 3 nitrogen and oxygen atoms in total. The topological polar surface area (TPSA) is 53.0 Å². The van der Waals surface area contributed by atoms with Crippen molar-refractivity contribution in [1.82, 2.24) is 4.90 Å². The Morgan fingerprint density at radius 2 is 1.84 bits per heavy atom. The highest BCUT2D eigenvalue weighted by Crippen LogP contribution is 2.24. The van der Waals surface area contributed by atoms with Crippen molar-refractivity contribution in [3.05, 3.63) is 35.9 Å². The van der Waals surface area contributed by atoms with Gasteiger partial charge in [-0.3, -0.25) is 0 Å². The zero-order chi connectivity index (χ0) is 14.5. The normalized spacial score (nSPS) is 15.0. The molecule has 3 heteroatoms. The van der Waals surface area contributed by atoms with Gasteiger partial charge < -0.3 is 10.6 Å². The Morgan fingerprint density at radius 1 is 1.26 bits per heavy atom. The Hall–Kier alpha value is -1.37. The van der Waals surface area contributed by atoms with E-state index in [1.807, 2.05) is 30.3 Å². The second-order valence-electron chi connectivity index (χ2n) is 5.79. The van der Waals surface area contributed by atoms with Crippen molar-refractivity contribution < 1.29 is 0 Å². The second kappa shape index (κ2) is 6.18. The average Bonchev–Trinajstić information content (AvgIpc) is 2.45. The zero-order valence-corrected chi connectivity index (χ0v) is 12.5. The molecule has 0 bridgehead atoms. The smallest absolute Gasteiger partial charge is 0.131 e. The lowest BCUT2D eigenvalue weighted by Crippen LogP contribution is -2.45. The fraction of sp³-hybridized carbons (Fsp3) is 0.562. The van der Waals surface area contributed by atoms with Crippen molar-refractivity contribution in [3.8, 4) is 6.07 Å². The molecule has 1 rings (SSSR count). The van der Waals surface area contributed by atoms with Gasteiger partial charge in [-0.25, -0.2) is 0 Å². The van der Waals surface area contributed by atoms with E-state index in [1.165, 1.54) is 0 Å². The van der Waals surface area contributed by atoms with E-state index in [-0.39, 0.29) is 5.54 Å². The summed E-state index contributed by atoms with van der Waals surface area (Å²) in [7, 11) is 2.09. The molecule has 0 amide bonds. The number of rotatable bonds is 6. The first-order valence-corrected chi connectivity index (χ1v) is 6.82. The fourth-order valence-corrected chi connectivity index (χ4v) is 1.92. The molecule has 0 saturated heterocycles. The molecule has 0 aliphatic heterocycles. The molecule has 0 radical (unpaired) electrons. The first-order chi connectivity index (χ1) is 8.85. The molecule has 1 aromatic rings. The second-order valence-corrected chi connectivity index (χ2v) is 5.79. The summed E-state index contributed by atoms with van der Waals surface area (Å²) < 4.78 is 0. The number of benzene rings is 1. The van der Waals surface area contributed by atoms with Crippen LogP contribution in [0.1, 0.15) is 39.2 Å². The van der Waals surface area contributed by atoms with Crippen LogP contribution in [0.2, 0.25) is 0 Å². The van der Waals surface area contributed by atoms with Gasteiger partial charge in [-0.2, -0.15) is 5.26 Å². The van der Waals surface area contributed by atoms with E-state index in [4.69, 9.17) is 5.73 Å². The fourth-order valence-electron chi connectivity index (χ4n) is 1.92. The predicted molar refractivity (Wildman–Crippen MR) is 79.5 cm³/mol. The van der Waals surface area contributed by atoms with Crippen LogP contribution < -0.4 is 5.73 Å². The third-order valence-electron chi connectivity index (χ3n) is 4.23. The highest BCUT2D eigenvalue weighted by atomic mass is 15.2. The van der Waals surface area contributed by atoms with E-state index in [9.17, 15) is 5.26 Å². The van der Waals surface area contributed by atoms with Crippen LogP contribution in [-0.2, 0) is 5.54 Å². The molecular weight excluding hydrogens is 234 g/mol. The lowest BCUT2D eigenvalue weighted by molar-refractivity contribution is 0.142. The summed E-state index contributed by atoms with van der Waals surface area (Å²) in [5, 5.41) is 9.42. The van der Waals surface area contributed by atoms with Gasteiger partial charge in [0.15, 0.2) is 0 Å². The molecule has 0 heterocycles. The van der Waals surface area contributed by atoms with Crippen molar-refractivity contribution in [1.29, 1.82) is 5.26 Å². The lowest BCUT2D eigenvalue weighted by Gasteiger charge is -2.36. The molecule has 0 spiro atoms. The first-order valence-electron chi connectivity index (χ1n) is 6.82. The van der Waals surface area contributed by atoms with Crippen molar-refractivity contribution in [2.24, 2.45) is 5.73 Å². The van der Waals surface area contributed by atoms with Gasteiger partial charge in [-0.1, -0.05) is 37.3 Å². The summed E-state index contributed by atoms with van der Waals surface area (Å²) in [6.07, 6.45) is 1.70. The van der Waals surface area contributed by atoms with Crippen LogP contribution in [-0.4, -0.2) is 24.0 Å². The quantitative estimate of drug-likeness (QED) is 0.854. The minimum Gasteiger partial charge on any atom is -0.310 e. The highest BCUT2D eigenvalue weighted by Gasteiger charge is 2.29. The molecule has 1 atom stereocenters. The third-order valence-corrected chi connectivity index (χ3v) is 4.23. The Labute approximate surface area is 117 Å². The van der Waals surface area contributed by atoms with Gasteiger partial charge >= 0.3 is 0 Å². The van der Waals surface area contributed by atoms with E-state index in [2.05, 4.69) is 38.8 Å². The molecule has 19 heavy (non-hydrogen) atoms. The minimum atomic E-state index is -0.903. The number of nitrogens with zero attached hydrogens (tertiary/aromatic N) is 2. The molecule has 104 valence electrons. The summed E-state index contributed by atoms with van der Waals surface area (Å²) >= 11 is 0. The summed E-state index contributed by atoms with van der Waals surface area (Å²) in [6.45, 7) is 7.40. The molecule has 0 fully saturated rings. The summed E-state index contributed by atoms with van der Waals surface area (Å²) in [4.78, 5) is 2.27. The molecule has 1 aromatic carbocycles. The average molecular weight is 259 g/mol. The number of hydrogen-bond donors (Lipinski definition) is 1. The van der Waals surface area contributed by atoms with Gasteiger partial charge in [-0.15, -0.1) is 0 Å². The van der Waals surface area contributed by atoms with Crippen molar-refractivity contribution >= 4 is 0 Å². The van der Waals surface area contributed by atoms with E-state index < -0.39 is 5.54 Å². The van der Waals surface area contributed by atoms with Crippen molar-refractivity contribution in [3.63, 3.8) is 0 Å². The maximum atomic E-state index is 9.42. The van der Waals surface area contributed by atoms with Crippen LogP contribution in [0.25, 0.3) is 0 Å². The molecular formula is C16H25N3. The van der Waals surface area contributed by atoms with E-state index in [1.54, 1.807) is 0 Å². The van der Waals surface area contributed by atoms with Crippen molar-refractivity contribution in [2.75, 3.05) is 13.6 Å². The maximum absolute atomic E-state index is 9.42. The van der Waals surface area contributed by atoms with Crippen LogP contribution in [0.15, 0.2) is 30.3 Å². The lowest BCUT2D eigenvalue weighted by atomic mass is 9.88. The van der Waals surface area contributed by atoms with Crippen LogP contribution in [0, 0.1) is 11.3 Å². The highest BCUT2D eigenvalue weighted by molar-refractivity contribution is 5.30. The molecule has 0 aliphatic rings. The zero-order valence-electron chi connectivity index (χ0n) is 12.5. The number of nitriles is 1. The molecule has 0 saturated carbocycles. The predicted octanol–water partition coefficient (Wildman–Crippen LogP) is 2.87. The van der Waals surface area contributed by atoms with E-state index in [0.717, 1.165) is 18.5 Å². The van der Waals surface area contributed by atoms with Crippen LogP contribution in [0.3, 0.4) is 0 Å². The van der Waals surface area contributed by atoms with Crippen LogP contribution >= 0.6 is 0 Å². The summed E-state index contributed by atoms with van der Waals surface area (Å²) in [5.74, 6) is 0. The largest absolute Gasteiger partial charge is 0.310 e. The minimum absolute atomic E-state index is 0.132. The van der Waals surface area contributed by atoms with E-state index >= 15 is 0 Å². The standard InChI is InChI=1S/C16H25N3/c1-5-15(2,3)19(4)12-11-16(18,13-17)14-9-7-6-8-10-14/h6-10H,5,11-12,18H2,1-4H3. The first kappa shape index (κ1) is 15.7. The van der Waals surface area contributed by atoms with Gasteiger partial charge in [0, 0.05) is 12.1 Å². The van der Waals surface area contributed by atoms with Gasteiger partial charge in [0.2, 0.25) is 0 Å². The van der Waals surface area contributed by atoms with Gasteiger partial charge in [0.05, 0.1) is 6.07 Å². The Morgan fingerprint density at radius 3 is 2.32 bits per heavy atom. The Balaban J connectivity index is 2.77. The molecule has 2 N–H and O–H groups in total. The Kier molecular flexibility index (Phi) is 5.11. The molecule has 0 aromatic heterocycles. The summed E-state index contributed by atoms with van der Waals surface area (Å²) in [6, 6.07) is 11.9. The summed E-state index contributed by atoms with van der Waals surface area (Å²) in [5.41, 5.74) is 6.38. The number of nitrogens with two attached hydrogens (primary N) is 1. The van der Waals surface area contributed by atoms with Gasteiger partial charge in [0.1, 0.15) is 5.54 Å². The van der Waals surface area contributed by atoms with Crippen LogP contribution in [0.5, 0.6) is 0 Å². The van der Waals surface area contributed by atoms with Gasteiger partial charge in [-0.05, 0) is 39.3 Å². The van der Waals surface area contributed by atoms with Gasteiger partial charge in [0.25, 0.3) is 0 Å². The maximum Gasteiger partial charge on any atom is 0.131 e. The number of hydrogen-bond acceptors (Lipinski definition) is 3.